The van der Waals surface area contributed by atoms with Crippen molar-refractivity contribution in [3.05, 3.63) is 22.8 Å². The molecule has 2 aromatic heterocycles. The monoisotopic (exact) mass is 387 g/mol. The topological polar surface area (TPSA) is 109 Å². The number of aromatic nitrogens is 4. The summed E-state index contributed by atoms with van der Waals surface area (Å²) in [6.07, 6.45) is -3.14. The van der Waals surface area contributed by atoms with E-state index in [1.807, 2.05) is 0 Å². The zero-order valence-electron chi connectivity index (χ0n) is 14.9. The van der Waals surface area contributed by atoms with Crippen LogP contribution in [0.2, 0.25) is 0 Å². The SMILES string of the molecule is Cc1nc2nc(C(F)(F)F)nn2c(C)c1CCC(=O)NCCCCC(=O)O. The number of rotatable bonds is 8. The van der Waals surface area contributed by atoms with Gasteiger partial charge in [0, 0.05) is 30.8 Å². The van der Waals surface area contributed by atoms with Gasteiger partial charge in [-0.05, 0) is 38.7 Å². The number of unbranched alkanes of at least 4 members (excludes halogenated alkanes) is 1. The van der Waals surface area contributed by atoms with Gasteiger partial charge in [-0.15, -0.1) is 5.10 Å². The molecule has 0 unspecified atom stereocenters. The lowest BCUT2D eigenvalue weighted by atomic mass is 10.1. The predicted molar refractivity (Wildman–Crippen MR) is 88.1 cm³/mol. The molecular formula is C16H20F3N5O3. The number of carboxylic acid groups (broad SMARTS) is 1. The lowest BCUT2D eigenvalue weighted by Crippen LogP contribution is -2.25. The molecule has 0 fully saturated rings. The number of halogens is 3. The van der Waals surface area contributed by atoms with Crippen LogP contribution in [-0.4, -0.2) is 43.1 Å². The largest absolute Gasteiger partial charge is 0.481 e. The van der Waals surface area contributed by atoms with E-state index in [0.717, 1.165) is 4.52 Å². The minimum Gasteiger partial charge on any atom is -0.481 e. The van der Waals surface area contributed by atoms with Crippen LogP contribution in [0.5, 0.6) is 0 Å². The van der Waals surface area contributed by atoms with E-state index in [-0.39, 0.29) is 24.5 Å². The molecule has 27 heavy (non-hydrogen) atoms. The summed E-state index contributed by atoms with van der Waals surface area (Å²) in [5, 5.41) is 14.7. The van der Waals surface area contributed by atoms with Gasteiger partial charge in [0.15, 0.2) is 0 Å². The Hall–Kier alpha value is -2.72. The van der Waals surface area contributed by atoms with Gasteiger partial charge < -0.3 is 10.4 Å². The quantitative estimate of drug-likeness (QED) is 0.671. The average Bonchev–Trinajstić information content (AvgIpc) is 2.98. The van der Waals surface area contributed by atoms with Crippen molar-refractivity contribution >= 4 is 17.7 Å². The molecule has 2 rings (SSSR count). The third kappa shape index (κ3) is 5.38. The molecular weight excluding hydrogens is 367 g/mol. The Balaban J connectivity index is 2.00. The normalized spacial score (nSPS) is 11.7. The highest BCUT2D eigenvalue weighted by Gasteiger charge is 2.36. The van der Waals surface area contributed by atoms with E-state index >= 15 is 0 Å². The Labute approximate surface area is 152 Å². The van der Waals surface area contributed by atoms with Crippen molar-refractivity contribution in [3.8, 4) is 0 Å². The molecule has 0 aromatic carbocycles. The molecule has 0 spiro atoms. The van der Waals surface area contributed by atoms with Crippen molar-refractivity contribution in [1.82, 2.24) is 24.9 Å². The number of hydrogen-bond acceptors (Lipinski definition) is 5. The molecule has 0 bridgehead atoms. The lowest BCUT2D eigenvalue weighted by Gasteiger charge is -2.10. The first-order chi connectivity index (χ1) is 12.6. The molecule has 0 aliphatic heterocycles. The van der Waals surface area contributed by atoms with Crippen molar-refractivity contribution in [2.24, 2.45) is 0 Å². The molecule has 148 valence electrons. The zero-order chi connectivity index (χ0) is 20.2. The van der Waals surface area contributed by atoms with Crippen molar-refractivity contribution in [1.29, 1.82) is 0 Å². The first-order valence-corrected chi connectivity index (χ1v) is 8.38. The van der Waals surface area contributed by atoms with E-state index in [9.17, 15) is 22.8 Å². The number of carbonyl (C=O) groups is 2. The Morgan fingerprint density at radius 1 is 1.15 bits per heavy atom. The smallest absolute Gasteiger partial charge is 0.453 e. The summed E-state index contributed by atoms with van der Waals surface area (Å²) in [5.74, 6) is -2.49. The molecule has 0 saturated carbocycles. The van der Waals surface area contributed by atoms with Gasteiger partial charge in [-0.2, -0.15) is 18.2 Å². The number of nitrogens with zero attached hydrogens (tertiary/aromatic N) is 4. The van der Waals surface area contributed by atoms with Crippen molar-refractivity contribution < 1.29 is 27.9 Å². The average molecular weight is 387 g/mol. The number of aliphatic carboxylic acids is 1. The van der Waals surface area contributed by atoms with Crippen LogP contribution in [0.3, 0.4) is 0 Å². The van der Waals surface area contributed by atoms with Gasteiger partial charge in [0.05, 0.1) is 0 Å². The van der Waals surface area contributed by atoms with Gasteiger partial charge in [-0.25, -0.2) is 9.50 Å². The fraction of sp³-hybridized carbons (Fsp3) is 0.562. The highest BCUT2D eigenvalue weighted by molar-refractivity contribution is 5.76. The number of alkyl halides is 3. The number of carboxylic acids is 1. The standard InChI is InChI=1S/C16H20F3N5O3/c1-9-11(6-7-12(25)20-8-4-3-5-13(26)27)10(2)24-15(21-9)22-14(23-24)16(17,18)19/h3-8H2,1-2H3,(H,20,25)(H,26,27). The molecule has 0 radical (unpaired) electrons. The van der Waals surface area contributed by atoms with Crippen LogP contribution in [0, 0.1) is 13.8 Å². The molecule has 11 heteroatoms. The second kappa shape index (κ2) is 8.31. The molecule has 2 aromatic rings. The fourth-order valence-electron chi connectivity index (χ4n) is 2.65. The summed E-state index contributed by atoms with van der Waals surface area (Å²) in [4.78, 5) is 29.8. The summed E-state index contributed by atoms with van der Waals surface area (Å²) in [5.41, 5.74) is 1.59. The fourth-order valence-corrected chi connectivity index (χ4v) is 2.65. The second-order valence-corrected chi connectivity index (χ2v) is 6.11. The van der Waals surface area contributed by atoms with Crippen LogP contribution < -0.4 is 5.32 Å². The zero-order valence-corrected chi connectivity index (χ0v) is 14.9. The summed E-state index contributed by atoms with van der Waals surface area (Å²) in [6, 6.07) is 0. The molecule has 0 saturated heterocycles. The predicted octanol–water partition coefficient (Wildman–Crippen LogP) is 2.06. The Bertz CT molecular complexity index is 848. The van der Waals surface area contributed by atoms with Gasteiger partial charge in [0.1, 0.15) is 0 Å². The highest BCUT2D eigenvalue weighted by Crippen LogP contribution is 2.27. The van der Waals surface area contributed by atoms with E-state index < -0.39 is 18.0 Å². The van der Waals surface area contributed by atoms with Gasteiger partial charge in [-0.1, -0.05) is 0 Å². The maximum absolute atomic E-state index is 12.8. The Kier molecular flexibility index (Phi) is 6.34. The van der Waals surface area contributed by atoms with Crippen molar-refractivity contribution in [2.75, 3.05) is 6.54 Å². The molecule has 0 aliphatic rings. The summed E-state index contributed by atoms with van der Waals surface area (Å²) in [6.45, 7) is 3.63. The maximum atomic E-state index is 12.8. The minimum atomic E-state index is -4.66. The minimum absolute atomic E-state index is 0.0533. The number of nitrogens with one attached hydrogen (secondary N) is 1. The van der Waals surface area contributed by atoms with Crippen LogP contribution in [0.1, 0.15) is 48.5 Å². The molecule has 2 heterocycles. The lowest BCUT2D eigenvalue weighted by molar-refractivity contribution is -0.144. The highest BCUT2D eigenvalue weighted by atomic mass is 19.4. The number of fused-ring (bicyclic) bond motifs is 1. The number of amides is 1. The van der Waals surface area contributed by atoms with E-state index in [0.29, 0.717) is 42.8 Å². The van der Waals surface area contributed by atoms with Gasteiger partial charge >= 0.3 is 12.1 Å². The van der Waals surface area contributed by atoms with E-state index in [1.54, 1.807) is 13.8 Å². The van der Waals surface area contributed by atoms with E-state index in [4.69, 9.17) is 5.11 Å². The Morgan fingerprint density at radius 2 is 1.85 bits per heavy atom. The molecule has 8 nitrogen and oxygen atoms in total. The van der Waals surface area contributed by atoms with Crippen molar-refractivity contribution in [3.63, 3.8) is 0 Å². The molecule has 0 aliphatic carbocycles. The molecule has 2 N–H and O–H groups in total. The first kappa shape index (κ1) is 20.6. The van der Waals surface area contributed by atoms with E-state index in [1.165, 1.54) is 0 Å². The third-order valence-corrected chi connectivity index (χ3v) is 4.04. The molecule has 0 atom stereocenters. The number of hydrogen-bond donors (Lipinski definition) is 2. The summed E-state index contributed by atoms with van der Waals surface area (Å²) in [7, 11) is 0. The third-order valence-electron chi connectivity index (χ3n) is 4.04. The second-order valence-electron chi connectivity index (χ2n) is 6.11. The van der Waals surface area contributed by atoms with Crippen LogP contribution in [0.25, 0.3) is 5.78 Å². The number of aryl methyl sites for hydroxylation is 2. The summed E-state index contributed by atoms with van der Waals surface area (Å²) >= 11 is 0. The van der Waals surface area contributed by atoms with Crippen LogP contribution in [0.15, 0.2) is 0 Å². The Morgan fingerprint density at radius 3 is 2.48 bits per heavy atom. The maximum Gasteiger partial charge on any atom is 0.453 e. The van der Waals surface area contributed by atoms with Crippen LogP contribution in [-0.2, 0) is 22.2 Å². The van der Waals surface area contributed by atoms with Gasteiger partial charge in [0.25, 0.3) is 11.6 Å². The van der Waals surface area contributed by atoms with Gasteiger partial charge in [-0.3, -0.25) is 9.59 Å². The van der Waals surface area contributed by atoms with Crippen molar-refractivity contribution in [2.45, 2.75) is 52.1 Å². The first-order valence-electron chi connectivity index (χ1n) is 8.38. The van der Waals surface area contributed by atoms with Crippen LogP contribution in [0.4, 0.5) is 13.2 Å². The van der Waals surface area contributed by atoms with E-state index in [2.05, 4.69) is 20.4 Å². The molecule has 1 amide bonds. The summed E-state index contributed by atoms with van der Waals surface area (Å²) < 4.78 is 39.4. The number of carbonyl (C=O) groups excluding carboxylic acids is 1. The van der Waals surface area contributed by atoms with Crippen LogP contribution >= 0.6 is 0 Å². The van der Waals surface area contributed by atoms with Gasteiger partial charge in [0.2, 0.25) is 5.91 Å².